The molecule has 1 saturated heterocycles. The smallest absolute Gasteiger partial charge is 0.307 e. The summed E-state index contributed by atoms with van der Waals surface area (Å²) in [7, 11) is -2.12. The average molecular weight is 357 g/mol. The number of ether oxygens (including phenoxy) is 2. The zero-order valence-electron chi connectivity index (χ0n) is 13.9. The molecule has 1 unspecified atom stereocenters. The summed E-state index contributed by atoms with van der Waals surface area (Å²) < 4.78 is 37.2. The predicted octanol–water partition coefficient (Wildman–Crippen LogP) is 1.51. The quantitative estimate of drug-likeness (QED) is 0.744. The van der Waals surface area contributed by atoms with E-state index < -0.39 is 21.9 Å². The largest absolute Gasteiger partial charge is 0.491 e. The summed E-state index contributed by atoms with van der Waals surface area (Å²) >= 11 is 0. The first kappa shape index (κ1) is 18.7. The van der Waals surface area contributed by atoms with Gasteiger partial charge in [-0.2, -0.15) is 4.31 Å². The Morgan fingerprint density at radius 2 is 2.12 bits per heavy atom. The van der Waals surface area contributed by atoms with E-state index in [0.29, 0.717) is 43.9 Å². The van der Waals surface area contributed by atoms with Crippen molar-refractivity contribution in [2.75, 3.05) is 33.4 Å². The summed E-state index contributed by atoms with van der Waals surface area (Å²) in [5, 5.41) is 9.13. The SMILES string of the molecule is COCCOc1ccc(S(=O)(=O)N2CCCC(C(=O)O)C2)cc1C. The Kier molecular flexibility index (Phi) is 6.20. The fourth-order valence-electron chi connectivity index (χ4n) is 2.69. The van der Waals surface area contributed by atoms with Crippen LogP contribution < -0.4 is 4.74 Å². The summed E-state index contributed by atoms with van der Waals surface area (Å²) in [6, 6.07) is 4.67. The zero-order valence-corrected chi connectivity index (χ0v) is 14.7. The van der Waals surface area contributed by atoms with E-state index in [0.717, 1.165) is 0 Å². The molecule has 2 rings (SSSR count). The molecule has 0 aromatic heterocycles. The van der Waals surface area contributed by atoms with Crippen molar-refractivity contribution in [1.82, 2.24) is 4.31 Å². The normalized spacial score (nSPS) is 19.2. The number of hydrogen-bond acceptors (Lipinski definition) is 5. The molecule has 8 heteroatoms. The lowest BCUT2D eigenvalue weighted by atomic mass is 10.0. The molecule has 1 atom stereocenters. The van der Waals surface area contributed by atoms with Crippen LogP contribution in [0.5, 0.6) is 5.75 Å². The van der Waals surface area contributed by atoms with Gasteiger partial charge in [0.1, 0.15) is 12.4 Å². The molecule has 1 aliphatic rings. The minimum Gasteiger partial charge on any atom is -0.491 e. The summed E-state index contributed by atoms with van der Waals surface area (Å²) in [4.78, 5) is 11.3. The predicted molar refractivity (Wildman–Crippen MR) is 87.7 cm³/mol. The van der Waals surface area contributed by atoms with Gasteiger partial charge in [0, 0.05) is 20.2 Å². The second kappa shape index (κ2) is 7.96. The number of carbonyl (C=O) groups is 1. The van der Waals surface area contributed by atoms with E-state index in [4.69, 9.17) is 14.6 Å². The number of carboxylic acid groups (broad SMARTS) is 1. The second-order valence-electron chi connectivity index (χ2n) is 5.81. The first-order valence-electron chi connectivity index (χ1n) is 7.81. The van der Waals surface area contributed by atoms with Crippen LogP contribution in [-0.2, 0) is 19.6 Å². The molecule has 24 heavy (non-hydrogen) atoms. The lowest BCUT2D eigenvalue weighted by Gasteiger charge is -2.30. The average Bonchev–Trinajstić information content (AvgIpc) is 2.56. The number of benzene rings is 1. The molecule has 0 bridgehead atoms. The molecular weight excluding hydrogens is 334 g/mol. The van der Waals surface area contributed by atoms with E-state index in [1.54, 1.807) is 26.2 Å². The van der Waals surface area contributed by atoms with Gasteiger partial charge in [0.15, 0.2) is 0 Å². The fourth-order valence-corrected chi connectivity index (χ4v) is 4.30. The van der Waals surface area contributed by atoms with Crippen LogP contribution in [0.3, 0.4) is 0 Å². The van der Waals surface area contributed by atoms with Gasteiger partial charge in [-0.15, -0.1) is 0 Å². The van der Waals surface area contributed by atoms with Crippen molar-refractivity contribution in [3.63, 3.8) is 0 Å². The molecule has 1 fully saturated rings. The van der Waals surface area contributed by atoms with Gasteiger partial charge >= 0.3 is 5.97 Å². The molecule has 1 heterocycles. The highest BCUT2D eigenvalue weighted by Gasteiger charge is 2.33. The maximum absolute atomic E-state index is 12.8. The summed E-state index contributed by atoms with van der Waals surface area (Å²) in [5.41, 5.74) is 0.707. The third-order valence-electron chi connectivity index (χ3n) is 4.06. The molecule has 1 aromatic rings. The van der Waals surface area contributed by atoms with E-state index in [9.17, 15) is 13.2 Å². The number of hydrogen-bond donors (Lipinski definition) is 1. The van der Waals surface area contributed by atoms with Crippen molar-refractivity contribution in [3.05, 3.63) is 23.8 Å². The second-order valence-corrected chi connectivity index (χ2v) is 7.75. The van der Waals surface area contributed by atoms with Gasteiger partial charge in [0.2, 0.25) is 10.0 Å². The van der Waals surface area contributed by atoms with Crippen molar-refractivity contribution >= 4 is 16.0 Å². The van der Waals surface area contributed by atoms with Crippen LogP contribution in [0.4, 0.5) is 0 Å². The van der Waals surface area contributed by atoms with Crippen LogP contribution in [0.1, 0.15) is 18.4 Å². The molecule has 0 saturated carbocycles. The molecule has 0 radical (unpaired) electrons. The Morgan fingerprint density at radius 1 is 1.38 bits per heavy atom. The summed E-state index contributed by atoms with van der Waals surface area (Å²) in [6.07, 6.45) is 1.06. The van der Waals surface area contributed by atoms with Crippen LogP contribution >= 0.6 is 0 Å². The molecule has 1 N–H and O–H groups in total. The monoisotopic (exact) mass is 357 g/mol. The standard InChI is InChI=1S/C16H23NO6S/c1-12-10-14(5-6-15(12)23-9-8-22-2)24(20,21)17-7-3-4-13(11-17)16(18)19/h5-6,10,13H,3-4,7-9,11H2,1-2H3,(H,18,19). The van der Waals surface area contributed by atoms with Gasteiger partial charge in [-0.05, 0) is 43.5 Å². The van der Waals surface area contributed by atoms with Gasteiger partial charge in [0.25, 0.3) is 0 Å². The van der Waals surface area contributed by atoms with Crippen LogP contribution in [0, 0.1) is 12.8 Å². The van der Waals surface area contributed by atoms with Crippen molar-refractivity contribution in [1.29, 1.82) is 0 Å². The number of methoxy groups -OCH3 is 1. The van der Waals surface area contributed by atoms with Gasteiger partial charge in [-0.1, -0.05) is 0 Å². The third kappa shape index (κ3) is 4.25. The molecule has 0 spiro atoms. The summed E-state index contributed by atoms with van der Waals surface area (Å²) in [6.45, 7) is 2.97. The molecule has 0 aliphatic carbocycles. The van der Waals surface area contributed by atoms with Gasteiger partial charge in [0.05, 0.1) is 17.4 Å². The molecular formula is C16H23NO6S. The van der Waals surface area contributed by atoms with Crippen molar-refractivity contribution in [2.45, 2.75) is 24.7 Å². The van der Waals surface area contributed by atoms with Gasteiger partial charge in [-0.3, -0.25) is 4.79 Å². The van der Waals surface area contributed by atoms with E-state index in [1.165, 1.54) is 10.4 Å². The van der Waals surface area contributed by atoms with Crippen LogP contribution in [0.2, 0.25) is 0 Å². The number of rotatable bonds is 7. The number of nitrogens with zero attached hydrogens (tertiary/aromatic N) is 1. The van der Waals surface area contributed by atoms with Gasteiger partial charge < -0.3 is 14.6 Å². The minimum absolute atomic E-state index is 0.0167. The topological polar surface area (TPSA) is 93.1 Å². The lowest BCUT2D eigenvalue weighted by Crippen LogP contribution is -2.42. The number of sulfonamides is 1. The minimum atomic E-state index is -3.70. The molecule has 1 aromatic carbocycles. The number of carboxylic acids is 1. The van der Waals surface area contributed by atoms with E-state index in [-0.39, 0.29) is 11.4 Å². The highest BCUT2D eigenvalue weighted by atomic mass is 32.2. The zero-order chi connectivity index (χ0) is 17.7. The Labute approximate surface area is 142 Å². The highest BCUT2D eigenvalue weighted by Crippen LogP contribution is 2.27. The van der Waals surface area contributed by atoms with E-state index in [2.05, 4.69) is 0 Å². The van der Waals surface area contributed by atoms with Crippen LogP contribution in [0.15, 0.2) is 23.1 Å². The van der Waals surface area contributed by atoms with Crippen molar-refractivity contribution < 1.29 is 27.8 Å². The molecule has 1 aliphatic heterocycles. The maximum Gasteiger partial charge on any atom is 0.307 e. The number of aryl methyl sites for hydroxylation is 1. The number of piperidine rings is 1. The lowest BCUT2D eigenvalue weighted by molar-refractivity contribution is -0.142. The Hall–Kier alpha value is -1.64. The first-order valence-corrected chi connectivity index (χ1v) is 9.25. The third-order valence-corrected chi connectivity index (χ3v) is 5.92. The molecule has 7 nitrogen and oxygen atoms in total. The Morgan fingerprint density at radius 3 is 2.75 bits per heavy atom. The van der Waals surface area contributed by atoms with Crippen molar-refractivity contribution in [2.24, 2.45) is 5.92 Å². The summed E-state index contributed by atoms with van der Waals surface area (Å²) in [5.74, 6) is -0.993. The van der Waals surface area contributed by atoms with Crippen LogP contribution in [-0.4, -0.2) is 57.2 Å². The highest BCUT2D eigenvalue weighted by molar-refractivity contribution is 7.89. The molecule has 0 amide bonds. The van der Waals surface area contributed by atoms with E-state index in [1.807, 2.05) is 0 Å². The van der Waals surface area contributed by atoms with Crippen LogP contribution in [0.25, 0.3) is 0 Å². The first-order chi connectivity index (χ1) is 11.4. The Balaban J connectivity index is 2.17. The molecule has 134 valence electrons. The number of aliphatic carboxylic acids is 1. The Bertz CT molecular complexity index is 688. The van der Waals surface area contributed by atoms with Gasteiger partial charge in [-0.25, -0.2) is 8.42 Å². The fraction of sp³-hybridized carbons (Fsp3) is 0.562. The van der Waals surface area contributed by atoms with E-state index >= 15 is 0 Å². The maximum atomic E-state index is 12.8. The van der Waals surface area contributed by atoms with Crippen molar-refractivity contribution in [3.8, 4) is 5.75 Å².